The van der Waals surface area contributed by atoms with Gasteiger partial charge in [-0.2, -0.15) is 0 Å². The van der Waals surface area contributed by atoms with Gasteiger partial charge in [0.2, 0.25) is 0 Å². The zero-order valence-corrected chi connectivity index (χ0v) is 17.5. The van der Waals surface area contributed by atoms with Gasteiger partial charge in [-0.3, -0.25) is 4.79 Å². The summed E-state index contributed by atoms with van der Waals surface area (Å²) in [6.07, 6.45) is 0.994. The SMILES string of the molecule is CCCn1c(SCc2cc(C(C)=O)ccc2OC)nnc1-c1cccc(C)c1. The largest absolute Gasteiger partial charge is 0.496 e. The van der Waals surface area contributed by atoms with Gasteiger partial charge in [-0.15, -0.1) is 10.2 Å². The van der Waals surface area contributed by atoms with Crippen molar-refractivity contribution in [3.63, 3.8) is 0 Å². The number of benzene rings is 2. The third-order valence-corrected chi connectivity index (χ3v) is 5.50. The number of ether oxygens (including phenoxy) is 1. The molecule has 0 saturated heterocycles. The minimum atomic E-state index is 0.0461. The van der Waals surface area contributed by atoms with E-state index in [9.17, 15) is 4.79 Å². The molecule has 146 valence electrons. The molecule has 0 spiro atoms. The standard InChI is InChI=1S/C22H25N3O2S/c1-5-11-25-21(18-8-6-7-15(2)12-18)23-24-22(25)28-14-19-13-17(16(3)26)9-10-20(19)27-4/h6-10,12-13H,5,11,14H2,1-4H3. The van der Waals surface area contributed by atoms with Crippen LogP contribution in [0.3, 0.4) is 0 Å². The number of Topliss-reactive ketones (excluding diaryl/α,β-unsaturated/α-hetero) is 1. The Labute approximate surface area is 170 Å². The Hall–Kier alpha value is -2.60. The molecular weight excluding hydrogens is 370 g/mol. The van der Waals surface area contributed by atoms with E-state index in [0.717, 1.165) is 40.8 Å². The summed E-state index contributed by atoms with van der Waals surface area (Å²) in [7, 11) is 1.65. The van der Waals surface area contributed by atoms with Crippen molar-refractivity contribution in [2.75, 3.05) is 7.11 Å². The Balaban J connectivity index is 1.89. The summed E-state index contributed by atoms with van der Waals surface area (Å²) in [6.45, 7) is 6.65. The van der Waals surface area contributed by atoms with Crippen molar-refractivity contribution >= 4 is 17.5 Å². The lowest BCUT2D eigenvalue weighted by atomic mass is 10.1. The smallest absolute Gasteiger partial charge is 0.191 e. The van der Waals surface area contributed by atoms with Crippen LogP contribution in [0, 0.1) is 6.92 Å². The van der Waals surface area contributed by atoms with Crippen LogP contribution < -0.4 is 4.74 Å². The summed E-state index contributed by atoms with van der Waals surface area (Å²) in [4.78, 5) is 11.7. The summed E-state index contributed by atoms with van der Waals surface area (Å²) in [5.41, 5.74) is 3.93. The lowest BCUT2D eigenvalue weighted by Crippen LogP contribution is -2.02. The third-order valence-electron chi connectivity index (χ3n) is 4.48. The lowest BCUT2D eigenvalue weighted by Gasteiger charge is -2.11. The molecule has 6 heteroatoms. The molecule has 0 aliphatic heterocycles. The highest BCUT2D eigenvalue weighted by atomic mass is 32.2. The summed E-state index contributed by atoms with van der Waals surface area (Å²) in [5.74, 6) is 2.36. The van der Waals surface area contributed by atoms with Gasteiger partial charge >= 0.3 is 0 Å². The van der Waals surface area contributed by atoms with Crippen LogP contribution in [-0.4, -0.2) is 27.7 Å². The van der Waals surface area contributed by atoms with Crippen molar-refractivity contribution in [2.45, 2.75) is 44.6 Å². The molecule has 0 amide bonds. The van der Waals surface area contributed by atoms with Crippen molar-refractivity contribution < 1.29 is 9.53 Å². The number of methoxy groups -OCH3 is 1. The molecule has 1 heterocycles. The fourth-order valence-electron chi connectivity index (χ4n) is 3.07. The molecule has 2 aromatic carbocycles. The van der Waals surface area contributed by atoms with E-state index in [1.807, 2.05) is 18.2 Å². The summed E-state index contributed by atoms with van der Waals surface area (Å²) < 4.78 is 7.63. The number of thioether (sulfide) groups is 1. The molecule has 0 atom stereocenters. The number of aryl methyl sites for hydroxylation is 1. The number of ketones is 1. The van der Waals surface area contributed by atoms with Crippen molar-refractivity contribution in [3.05, 3.63) is 59.2 Å². The van der Waals surface area contributed by atoms with E-state index >= 15 is 0 Å². The first-order chi connectivity index (χ1) is 13.5. The number of hydrogen-bond donors (Lipinski definition) is 0. The maximum Gasteiger partial charge on any atom is 0.191 e. The molecule has 0 bridgehead atoms. The van der Waals surface area contributed by atoms with E-state index in [1.165, 1.54) is 5.56 Å². The zero-order chi connectivity index (χ0) is 20.1. The summed E-state index contributed by atoms with van der Waals surface area (Å²) in [6, 6.07) is 13.9. The average Bonchev–Trinajstić information content (AvgIpc) is 3.09. The van der Waals surface area contributed by atoms with Crippen LogP contribution in [-0.2, 0) is 12.3 Å². The van der Waals surface area contributed by atoms with Crippen molar-refractivity contribution in [1.29, 1.82) is 0 Å². The molecule has 28 heavy (non-hydrogen) atoms. The molecule has 3 aromatic rings. The monoisotopic (exact) mass is 395 g/mol. The van der Waals surface area contributed by atoms with Crippen molar-refractivity contribution in [2.24, 2.45) is 0 Å². The van der Waals surface area contributed by atoms with Gasteiger partial charge in [-0.1, -0.05) is 42.4 Å². The molecular formula is C22H25N3O2S. The van der Waals surface area contributed by atoms with E-state index in [1.54, 1.807) is 31.9 Å². The van der Waals surface area contributed by atoms with Crippen LogP contribution in [0.1, 0.15) is 41.8 Å². The second-order valence-corrected chi connectivity index (χ2v) is 7.64. The highest BCUT2D eigenvalue weighted by molar-refractivity contribution is 7.98. The van der Waals surface area contributed by atoms with Crippen LogP contribution in [0.5, 0.6) is 5.75 Å². The zero-order valence-electron chi connectivity index (χ0n) is 16.7. The maximum atomic E-state index is 11.7. The molecule has 0 aliphatic carbocycles. The van der Waals surface area contributed by atoms with E-state index in [2.05, 4.69) is 46.8 Å². The van der Waals surface area contributed by atoms with Gasteiger partial charge in [0.05, 0.1) is 7.11 Å². The first-order valence-electron chi connectivity index (χ1n) is 9.34. The molecule has 1 aromatic heterocycles. The number of carbonyl (C=O) groups is 1. The van der Waals surface area contributed by atoms with Gasteiger partial charge < -0.3 is 9.30 Å². The van der Waals surface area contributed by atoms with Gasteiger partial charge in [-0.05, 0) is 44.5 Å². The molecule has 3 rings (SSSR count). The van der Waals surface area contributed by atoms with Crippen LogP contribution in [0.15, 0.2) is 47.6 Å². The van der Waals surface area contributed by atoms with E-state index in [-0.39, 0.29) is 5.78 Å². The predicted molar refractivity (Wildman–Crippen MR) is 113 cm³/mol. The van der Waals surface area contributed by atoms with Gasteiger partial charge in [0.15, 0.2) is 16.8 Å². The number of hydrogen-bond acceptors (Lipinski definition) is 5. The highest BCUT2D eigenvalue weighted by Crippen LogP contribution is 2.30. The maximum absolute atomic E-state index is 11.7. The minimum absolute atomic E-state index is 0.0461. The van der Waals surface area contributed by atoms with Crippen LogP contribution in [0.2, 0.25) is 0 Å². The highest BCUT2D eigenvalue weighted by Gasteiger charge is 2.15. The first kappa shape index (κ1) is 20.1. The topological polar surface area (TPSA) is 57.0 Å². The van der Waals surface area contributed by atoms with Crippen molar-refractivity contribution in [3.8, 4) is 17.1 Å². The lowest BCUT2D eigenvalue weighted by molar-refractivity contribution is 0.101. The Bertz CT molecular complexity index is 982. The molecule has 5 nitrogen and oxygen atoms in total. The Kier molecular flexibility index (Phi) is 6.52. The van der Waals surface area contributed by atoms with Gasteiger partial charge in [0, 0.05) is 29.0 Å². The summed E-state index contributed by atoms with van der Waals surface area (Å²) in [5, 5.41) is 9.76. The molecule has 0 fully saturated rings. The number of carbonyl (C=O) groups excluding carboxylic acids is 1. The van der Waals surface area contributed by atoms with Gasteiger partial charge in [0.1, 0.15) is 5.75 Å². The molecule has 0 saturated carbocycles. The van der Waals surface area contributed by atoms with E-state index < -0.39 is 0 Å². The molecule has 0 unspecified atom stereocenters. The first-order valence-corrected chi connectivity index (χ1v) is 10.3. The average molecular weight is 396 g/mol. The molecule has 0 N–H and O–H groups in total. The number of rotatable bonds is 8. The second-order valence-electron chi connectivity index (χ2n) is 6.70. The van der Waals surface area contributed by atoms with Crippen LogP contribution >= 0.6 is 11.8 Å². The number of nitrogens with zero attached hydrogens (tertiary/aromatic N) is 3. The Morgan fingerprint density at radius 3 is 2.68 bits per heavy atom. The van der Waals surface area contributed by atoms with Crippen LogP contribution in [0.4, 0.5) is 0 Å². The van der Waals surface area contributed by atoms with E-state index in [0.29, 0.717) is 11.3 Å². The molecule has 0 radical (unpaired) electrons. The van der Waals surface area contributed by atoms with Gasteiger partial charge in [0.25, 0.3) is 0 Å². The quantitative estimate of drug-likeness (QED) is 0.389. The van der Waals surface area contributed by atoms with E-state index in [4.69, 9.17) is 4.74 Å². The third kappa shape index (κ3) is 4.44. The fraction of sp³-hybridized carbons (Fsp3) is 0.318. The van der Waals surface area contributed by atoms with Crippen molar-refractivity contribution in [1.82, 2.24) is 14.8 Å². The second kappa shape index (κ2) is 9.06. The Morgan fingerprint density at radius 1 is 1.18 bits per heavy atom. The predicted octanol–water partition coefficient (Wildman–Crippen LogP) is 5.17. The number of aromatic nitrogens is 3. The van der Waals surface area contributed by atoms with Crippen LogP contribution in [0.25, 0.3) is 11.4 Å². The Morgan fingerprint density at radius 2 is 2.00 bits per heavy atom. The molecule has 0 aliphatic rings. The van der Waals surface area contributed by atoms with Gasteiger partial charge in [-0.25, -0.2) is 0 Å². The minimum Gasteiger partial charge on any atom is -0.496 e. The fourth-order valence-corrected chi connectivity index (χ4v) is 4.01. The normalized spacial score (nSPS) is 10.9. The summed E-state index contributed by atoms with van der Waals surface area (Å²) >= 11 is 1.61.